The number of hydrogen-bond acceptors (Lipinski definition) is 2. The molecule has 0 saturated carbocycles. The highest BCUT2D eigenvalue weighted by atomic mass is 16.5. The van der Waals surface area contributed by atoms with E-state index >= 15 is 0 Å². The summed E-state index contributed by atoms with van der Waals surface area (Å²) in [7, 11) is 1.39. The van der Waals surface area contributed by atoms with Gasteiger partial charge in [0.25, 0.3) is 0 Å². The summed E-state index contributed by atoms with van der Waals surface area (Å²) in [6.07, 6.45) is 4.37. The van der Waals surface area contributed by atoms with Gasteiger partial charge in [-0.05, 0) is 13.3 Å². The second-order valence-corrected chi connectivity index (χ2v) is 2.35. The first-order chi connectivity index (χ1) is 4.75. The van der Waals surface area contributed by atoms with E-state index in [1.165, 1.54) is 7.11 Å². The maximum absolute atomic E-state index is 10.9. The molecule has 0 bridgehead atoms. The van der Waals surface area contributed by atoms with Crippen LogP contribution in [0, 0.1) is 0 Å². The van der Waals surface area contributed by atoms with E-state index in [2.05, 4.69) is 4.74 Å². The topological polar surface area (TPSA) is 29.5 Å². The summed E-state index contributed by atoms with van der Waals surface area (Å²) in [5.74, 6) is 0. The molecule has 0 saturated heterocycles. The van der Waals surface area contributed by atoms with Crippen LogP contribution in [0.25, 0.3) is 0 Å². The first-order valence-electron chi connectivity index (χ1n) is 3.28. The van der Waals surface area contributed by atoms with Crippen molar-refractivity contribution in [1.82, 2.24) is 4.90 Å². The summed E-state index contributed by atoms with van der Waals surface area (Å²) >= 11 is 0. The van der Waals surface area contributed by atoms with Gasteiger partial charge in [-0.1, -0.05) is 6.08 Å². The second kappa shape index (κ2) is 2.73. The third-order valence-electron chi connectivity index (χ3n) is 1.60. The van der Waals surface area contributed by atoms with Crippen LogP contribution in [0.15, 0.2) is 12.3 Å². The van der Waals surface area contributed by atoms with E-state index in [0.717, 1.165) is 6.42 Å². The lowest BCUT2D eigenvalue weighted by atomic mass is 10.3. The Morgan fingerprint density at radius 2 is 2.50 bits per heavy atom. The third-order valence-corrected chi connectivity index (χ3v) is 1.60. The van der Waals surface area contributed by atoms with Crippen molar-refractivity contribution in [3.8, 4) is 0 Å². The molecule has 3 heteroatoms. The Bertz CT molecular complexity index is 165. The Kier molecular flexibility index (Phi) is 1.94. The van der Waals surface area contributed by atoms with E-state index < -0.39 is 0 Å². The minimum Gasteiger partial charge on any atom is -0.452 e. The van der Waals surface area contributed by atoms with Crippen molar-refractivity contribution in [2.24, 2.45) is 0 Å². The van der Waals surface area contributed by atoms with E-state index in [1.807, 2.05) is 13.0 Å². The molecule has 1 heterocycles. The molecule has 1 aliphatic rings. The van der Waals surface area contributed by atoms with Gasteiger partial charge in [0, 0.05) is 12.2 Å². The predicted molar refractivity (Wildman–Crippen MR) is 37.5 cm³/mol. The Labute approximate surface area is 60.3 Å². The second-order valence-electron chi connectivity index (χ2n) is 2.35. The molecule has 1 atom stereocenters. The lowest BCUT2D eigenvalue weighted by molar-refractivity contribution is 0.132. The first-order valence-corrected chi connectivity index (χ1v) is 3.28. The van der Waals surface area contributed by atoms with E-state index in [0.29, 0.717) is 0 Å². The molecule has 0 aromatic heterocycles. The largest absolute Gasteiger partial charge is 0.452 e. The monoisotopic (exact) mass is 141 g/mol. The number of methoxy groups -OCH3 is 1. The lowest BCUT2D eigenvalue weighted by Gasteiger charge is -2.17. The van der Waals surface area contributed by atoms with Crippen LogP contribution in [0.4, 0.5) is 4.79 Å². The number of amides is 1. The molecular formula is C7H11NO2. The number of hydrogen-bond donors (Lipinski definition) is 0. The van der Waals surface area contributed by atoms with Gasteiger partial charge in [-0.3, -0.25) is 4.90 Å². The summed E-state index contributed by atoms with van der Waals surface area (Å²) in [4.78, 5) is 12.5. The van der Waals surface area contributed by atoms with Crippen LogP contribution in [-0.4, -0.2) is 24.1 Å². The molecule has 0 spiro atoms. The van der Waals surface area contributed by atoms with Gasteiger partial charge in [0.15, 0.2) is 0 Å². The van der Waals surface area contributed by atoms with Crippen LogP contribution in [0.2, 0.25) is 0 Å². The lowest BCUT2D eigenvalue weighted by Crippen LogP contribution is -2.30. The normalized spacial score (nSPS) is 23.4. The van der Waals surface area contributed by atoms with Crippen LogP contribution in [0.3, 0.4) is 0 Å². The van der Waals surface area contributed by atoms with E-state index in [4.69, 9.17) is 0 Å². The molecule has 0 aromatic rings. The molecule has 0 unspecified atom stereocenters. The average molecular weight is 141 g/mol. The number of carbonyl (C=O) groups is 1. The maximum atomic E-state index is 10.9. The van der Waals surface area contributed by atoms with Gasteiger partial charge in [-0.25, -0.2) is 4.79 Å². The molecular weight excluding hydrogens is 130 g/mol. The molecule has 1 aliphatic heterocycles. The standard InChI is InChI=1S/C7H11NO2/c1-6-4-3-5-8(6)7(9)10-2/h3,5-6H,4H2,1-2H3/t6-/m1/s1. The van der Waals surface area contributed by atoms with Gasteiger partial charge < -0.3 is 4.74 Å². The van der Waals surface area contributed by atoms with Crippen LogP contribution in [-0.2, 0) is 4.74 Å². The molecule has 0 aliphatic carbocycles. The fourth-order valence-electron chi connectivity index (χ4n) is 0.978. The number of carbonyl (C=O) groups excluding carboxylic acids is 1. The number of ether oxygens (including phenoxy) is 1. The number of nitrogens with zero attached hydrogens (tertiary/aromatic N) is 1. The van der Waals surface area contributed by atoms with Crippen LogP contribution in [0.1, 0.15) is 13.3 Å². The van der Waals surface area contributed by atoms with Crippen molar-refractivity contribution in [3.63, 3.8) is 0 Å². The molecule has 0 fully saturated rings. The quantitative estimate of drug-likeness (QED) is 0.509. The van der Waals surface area contributed by atoms with Crippen molar-refractivity contribution in [2.75, 3.05) is 7.11 Å². The Balaban J connectivity index is 2.55. The molecule has 10 heavy (non-hydrogen) atoms. The SMILES string of the molecule is COC(=O)N1C=CC[C@H]1C. The highest BCUT2D eigenvalue weighted by Gasteiger charge is 2.20. The summed E-state index contributed by atoms with van der Waals surface area (Å²) in [5.41, 5.74) is 0. The fraction of sp³-hybridized carbons (Fsp3) is 0.571. The molecule has 1 rings (SSSR count). The maximum Gasteiger partial charge on any atom is 0.413 e. The molecule has 56 valence electrons. The van der Waals surface area contributed by atoms with Crippen molar-refractivity contribution >= 4 is 6.09 Å². The molecule has 3 nitrogen and oxygen atoms in total. The van der Waals surface area contributed by atoms with Crippen molar-refractivity contribution in [1.29, 1.82) is 0 Å². The predicted octanol–water partition coefficient (Wildman–Crippen LogP) is 1.36. The third kappa shape index (κ3) is 1.12. The minimum absolute atomic E-state index is 0.257. The van der Waals surface area contributed by atoms with Gasteiger partial charge in [-0.2, -0.15) is 0 Å². The van der Waals surface area contributed by atoms with Crippen LogP contribution < -0.4 is 0 Å². The Morgan fingerprint density at radius 1 is 1.80 bits per heavy atom. The van der Waals surface area contributed by atoms with Gasteiger partial charge >= 0.3 is 6.09 Å². The van der Waals surface area contributed by atoms with Crippen LogP contribution >= 0.6 is 0 Å². The van der Waals surface area contributed by atoms with E-state index in [1.54, 1.807) is 11.1 Å². The van der Waals surface area contributed by atoms with Gasteiger partial charge in [0.05, 0.1) is 7.11 Å². The van der Waals surface area contributed by atoms with Gasteiger partial charge in [-0.15, -0.1) is 0 Å². The zero-order valence-corrected chi connectivity index (χ0v) is 6.20. The van der Waals surface area contributed by atoms with Crippen molar-refractivity contribution in [3.05, 3.63) is 12.3 Å². The highest BCUT2D eigenvalue weighted by molar-refractivity contribution is 5.69. The van der Waals surface area contributed by atoms with Gasteiger partial charge in [0.1, 0.15) is 0 Å². The number of rotatable bonds is 0. The average Bonchev–Trinajstić information content (AvgIpc) is 2.34. The Hall–Kier alpha value is -0.990. The summed E-state index contributed by atoms with van der Waals surface area (Å²) in [5, 5.41) is 0. The van der Waals surface area contributed by atoms with E-state index in [-0.39, 0.29) is 12.1 Å². The molecule has 1 amide bonds. The summed E-state index contributed by atoms with van der Waals surface area (Å²) in [6.45, 7) is 1.98. The van der Waals surface area contributed by atoms with Crippen molar-refractivity contribution in [2.45, 2.75) is 19.4 Å². The zero-order chi connectivity index (χ0) is 7.56. The smallest absolute Gasteiger partial charge is 0.413 e. The molecule has 0 aromatic carbocycles. The van der Waals surface area contributed by atoms with Crippen LogP contribution in [0.5, 0.6) is 0 Å². The molecule has 0 radical (unpaired) electrons. The molecule has 0 N–H and O–H groups in total. The first kappa shape index (κ1) is 7.12. The van der Waals surface area contributed by atoms with E-state index in [9.17, 15) is 4.79 Å². The fourth-order valence-corrected chi connectivity index (χ4v) is 0.978. The highest BCUT2D eigenvalue weighted by Crippen LogP contribution is 2.13. The summed E-state index contributed by atoms with van der Waals surface area (Å²) < 4.78 is 4.54. The zero-order valence-electron chi connectivity index (χ0n) is 6.20. The van der Waals surface area contributed by atoms with Crippen molar-refractivity contribution < 1.29 is 9.53 Å². The minimum atomic E-state index is -0.277. The Morgan fingerprint density at radius 3 is 2.90 bits per heavy atom. The van der Waals surface area contributed by atoms with Gasteiger partial charge in [0.2, 0.25) is 0 Å². The summed E-state index contributed by atoms with van der Waals surface area (Å²) in [6, 6.07) is 0.257.